The van der Waals surface area contributed by atoms with Gasteiger partial charge in [0.1, 0.15) is 11.7 Å². The van der Waals surface area contributed by atoms with E-state index in [9.17, 15) is 14.0 Å². The van der Waals surface area contributed by atoms with Gasteiger partial charge >= 0.3 is 0 Å². The molecule has 1 heterocycles. The van der Waals surface area contributed by atoms with Crippen molar-refractivity contribution in [2.45, 2.75) is 19.8 Å². The average molecular weight is 250 g/mol. The molecule has 1 saturated heterocycles. The second-order valence-electron chi connectivity index (χ2n) is 4.41. The van der Waals surface area contributed by atoms with Crippen molar-refractivity contribution in [2.24, 2.45) is 5.92 Å². The van der Waals surface area contributed by atoms with Crippen molar-refractivity contribution in [1.29, 1.82) is 0 Å². The zero-order valence-corrected chi connectivity index (χ0v) is 10.1. The minimum atomic E-state index is -0.723. The number of halogens is 1. The maximum absolute atomic E-state index is 13.7. The van der Waals surface area contributed by atoms with Crippen LogP contribution in [0.3, 0.4) is 0 Å². The van der Waals surface area contributed by atoms with E-state index >= 15 is 0 Å². The molecule has 18 heavy (non-hydrogen) atoms. The summed E-state index contributed by atoms with van der Waals surface area (Å²) in [6.07, 6.45) is 1.27. The highest BCUT2D eigenvalue weighted by Crippen LogP contribution is 2.19. The first-order valence-electron chi connectivity index (χ1n) is 5.93. The molecule has 0 saturated carbocycles. The molecule has 0 bridgehead atoms. The molecule has 0 aliphatic carbocycles. The minimum absolute atomic E-state index is 0.123. The fourth-order valence-electron chi connectivity index (χ4n) is 1.99. The summed E-state index contributed by atoms with van der Waals surface area (Å²) in [5, 5.41) is 5.11. The topological polar surface area (TPSA) is 58.2 Å². The molecule has 1 aromatic rings. The lowest BCUT2D eigenvalue weighted by Gasteiger charge is -2.21. The molecular formula is C13H15FN2O2. The van der Waals surface area contributed by atoms with E-state index in [4.69, 9.17) is 0 Å². The summed E-state index contributed by atoms with van der Waals surface area (Å²) < 4.78 is 13.7. The van der Waals surface area contributed by atoms with Crippen LogP contribution >= 0.6 is 0 Å². The maximum atomic E-state index is 13.7. The summed E-state index contributed by atoms with van der Waals surface area (Å²) in [5.41, 5.74) is 0.583. The van der Waals surface area contributed by atoms with E-state index in [2.05, 4.69) is 10.6 Å². The van der Waals surface area contributed by atoms with Crippen LogP contribution in [0.2, 0.25) is 0 Å². The van der Waals surface area contributed by atoms with Gasteiger partial charge in [0.15, 0.2) is 0 Å². The highest BCUT2D eigenvalue weighted by molar-refractivity contribution is 6.06. The van der Waals surface area contributed by atoms with E-state index < -0.39 is 17.6 Å². The number of carbonyl (C=O) groups is 2. The first kappa shape index (κ1) is 12.5. The minimum Gasteiger partial charge on any atom is -0.355 e. The van der Waals surface area contributed by atoms with Gasteiger partial charge in [-0.15, -0.1) is 0 Å². The zero-order chi connectivity index (χ0) is 13.1. The summed E-state index contributed by atoms with van der Waals surface area (Å²) in [6.45, 7) is 2.22. The zero-order valence-electron chi connectivity index (χ0n) is 10.1. The number of hydrogen-bond donors (Lipinski definition) is 2. The summed E-state index contributed by atoms with van der Waals surface area (Å²) in [5.74, 6) is -1.91. The lowest BCUT2D eigenvalue weighted by Crippen LogP contribution is -2.42. The molecule has 1 atom stereocenters. The first-order valence-corrected chi connectivity index (χ1v) is 5.93. The molecule has 96 valence electrons. The Hall–Kier alpha value is -1.91. The van der Waals surface area contributed by atoms with Gasteiger partial charge in [-0.2, -0.15) is 0 Å². The van der Waals surface area contributed by atoms with Crippen molar-refractivity contribution in [3.63, 3.8) is 0 Å². The highest BCUT2D eigenvalue weighted by Gasteiger charge is 2.29. The number of piperidine rings is 1. The normalized spacial score (nSPS) is 19.2. The van der Waals surface area contributed by atoms with Crippen molar-refractivity contribution >= 4 is 17.5 Å². The van der Waals surface area contributed by atoms with Crippen molar-refractivity contribution in [2.75, 3.05) is 11.9 Å². The van der Waals surface area contributed by atoms with Crippen LogP contribution in [0.5, 0.6) is 0 Å². The van der Waals surface area contributed by atoms with Crippen molar-refractivity contribution in [1.82, 2.24) is 5.32 Å². The molecule has 2 N–H and O–H groups in total. The molecule has 2 rings (SSSR count). The largest absolute Gasteiger partial charge is 0.355 e. The van der Waals surface area contributed by atoms with Gasteiger partial charge in [-0.25, -0.2) is 4.39 Å². The van der Waals surface area contributed by atoms with Crippen molar-refractivity contribution in [3.05, 3.63) is 29.6 Å². The molecule has 1 aliphatic heterocycles. The van der Waals surface area contributed by atoms with Crippen LogP contribution in [0.15, 0.2) is 18.2 Å². The number of benzene rings is 1. The van der Waals surface area contributed by atoms with Gasteiger partial charge in [0.25, 0.3) is 0 Å². The molecule has 0 aromatic heterocycles. The van der Waals surface area contributed by atoms with Gasteiger partial charge in [-0.1, -0.05) is 12.1 Å². The fourth-order valence-corrected chi connectivity index (χ4v) is 1.99. The lowest BCUT2D eigenvalue weighted by atomic mass is 9.97. The Kier molecular flexibility index (Phi) is 3.60. The Morgan fingerprint density at radius 3 is 3.00 bits per heavy atom. The Bertz CT molecular complexity index is 488. The van der Waals surface area contributed by atoms with Gasteiger partial charge in [0.05, 0.1) is 5.69 Å². The molecule has 5 heteroatoms. The first-order chi connectivity index (χ1) is 8.59. The van der Waals surface area contributed by atoms with Gasteiger partial charge in [-0.05, 0) is 31.4 Å². The second-order valence-corrected chi connectivity index (χ2v) is 4.41. The Labute approximate surface area is 105 Å². The monoisotopic (exact) mass is 250 g/mol. The van der Waals surface area contributed by atoms with Gasteiger partial charge in [0.2, 0.25) is 11.8 Å². The molecule has 1 aliphatic rings. The highest BCUT2D eigenvalue weighted by atomic mass is 19.1. The third-order valence-electron chi connectivity index (χ3n) is 3.05. The molecule has 1 unspecified atom stereocenters. The van der Waals surface area contributed by atoms with Gasteiger partial charge < -0.3 is 10.6 Å². The number of anilines is 1. The molecule has 4 nitrogen and oxygen atoms in total. The smallest absolute Gasteiger partial charge is 0.237 e. The third-order valence-corrected chi connectivity index (χ3v) is 3.05. The summed E-state index contributed by atoms with van der Waals surface area (Å²) in [4.78, 5) is 23.4. The van der Waals surface area contributed by atoms with Crippen LogP contribution in [0.25, 0.3) is 0 Å². The summed E-state index contributed by atoms with van der Waals surface area (Å²) in [7, 11) is 0. The maximum Gasteiger partial charge on any atom is 0.237 e. The standard InChI is InChI=1S/C13H15FN2O2/c1-8-4-2-6-10(11(8)14)16-13(18)9-5-3-7-15-12(9)17/h2,4,6,9H,3,5,7H2,1H3,(H,15,17)(H,16,18). The van der Waals surface area contributed by atoms with Crippen LogP contribution in [-0.4, -0.2) is 18.4 Å². The van der Waals surface area contributed by atoms with E-state index in [1.807, 2.05) is 0 Å². The van der Waals surface area contributed by atoms with Crippen LogP contribution < -0.4 is 10.6 Å². The predicted molar refractivity (Wildman–Crippen MR) is 65.5 cm³/mol. The van der Waals surface area contributed by atoms with Crippen molar-refractivity contribution in [3.8, 4) is 0 Å². The molecular weight excluding hydrogens is 235 g/mol. The van der Waals surface area contributed by atoms with Crippen molar-refractivity contribution < 1.29 is 14.0 Å². The van der Waals surface area contributed by atoms with E-state index in [0.29, 0.717) is 18.5 Å². The molecule has 0 radical (unpaired) electrons. The molecule has 1 aromatic carbocycles. The number of rotatable bonds is 2. The summed E-state index contributed by atoms with van der Waals surface area (Å²) in [6, 6.07) is 4.77. The Morgan fingerprint density at radius 1 is 1.50 bits per heavy atom. The second kappa shape index (κ2) is 5.16. The van der Waals surface area contributed by atoms with E-state index in [1.54, 1.807) is 19.1 Å². The fraction of sp³-hybridized carbons (Fsp3) is 0.385. The number of aryl methyl sites for hydroxylation is 1. The summed E-state index contributed by atoms with van der Waals surface area (Å²) >= 11 is 0. The molecule has 1 fully saturated rings. The predicted octanol–water partition coefficient (Wildman–Crippen LogP) is 1.60. The number of carbonyl (C=O) groups excluding carboxylic acids is 2. The Balaban J connectivity index is 2.11. The van der Waals surface area contributed by atoms with Gasteiger partial charge in [-0.3, -0.25) is 9.59 Å². The van der Waals surface area contributed by atoms with E-state index in [0.717, 1.165) is 6.42 Å². The van der Waals surface area contributed by atoms with Crippen LogP contribution in [0.4, 0.5) is 10.1 Å². The van der Waals surface area contributed by atoms with Gasteiger partial charge in [0, 0.05) is 6.54 Å². The average Bonchev–Trinajstić information content (AvgIpc) is 2.35. The lowest BCUT2D eigenvalue weighted by molar-refractivity contribution is -0.134. The SMILES string of the molecule is Cc1cccc(NC(=O)C2CCCNC2=O)c1F. The number of nitrogens with one attached hydrogen (secondary N) is 2. The van der Waals surface area contributed by atoms with Crippen LogP contribution in [-0.2, 0) is 9.59 Å². The van der Waals surface area contributed by atoms with E-state index in [1.165, 1.54) is 6.07 Å². The quantitative estimate of drug-likeness (QED) is 0.783. The number of amides is 2. The van der Waals surface area contributed by atoms with E-state index in [-0.39, 0.29) is 11.6 Å². The van der Waals surface area contributed by atoms with Crippen LogP contribution in [0.1, 0.15) is 18.4 Å². The number of hydrogen-bond acceptors (Lipinski definition) is 2. The molecule has 0 spiro atoms. The third kappa shape index (κ3) is 2.50. The van der Waals surface area contributed by atoms with Crippen LogP contribution in [0, 0.1) is 18.7 Å². The molecule has 2 amide bonds. The Morgan fingerprint density at radius 2 is 2.28 bits per heavy atom.